The number of nitrogens with one attached hydrogen (secondary N) is 1. The highest BCUT2D eigenvalue weighted by Crippen LogP contribution is 2.23. The van der Waals surface area contributed by atoms with Gasteiger partial charge in [-0.15, -0.1) is 0 Å². The fourth-order valence-corrected chi connectivity index (χ4v) is 1.41. The Balaban J connectivity index is 2.21. The molecule has 2 heterocycles. The van der Waals surface area contributed by atoms with Crippen molar-refractivity contribution in [2.24, 2.45) is 5.84 Å². The van der Waals surface area contributed by atoms with E-state index in [1.165, 1.54) is 0 Å². The van der Waals surface area contributed by atoms with Gasteiger partial charge in [0.25, 0.3) is 0 Å². The molecule has 0 saturated heterocycles. The monoisotopic (exact) mass is 192 g/mol. The van der Waals surface area contributed by atoms with Crippen LogP contribution in [0.5, 0.6) is 0 Å². The van der Waals surface area contributed by atoms with E-state index in [-0.39, 0.29) is 6.04 Å². The summed E-state index contributed by atoms with van der Waals surface area (Å²) in [4.78, 5) is 8.15. The number of ether oxygens (including phenoxy) is 1. The van der Waals surface area contributed by atoms with Gasteiger partial charge in [0.2, 0.25) is 0 Å². The zero-order valence-electron chi connectivity index (χ0n) is 7.68. The average Bonchev–Trinajstić information content (AvgIpc) is 2.74. The van der Waals surface area contributed by atoms with Gasteiger partial charge < -0.3 is 4.74 Å². The van der Waals surface area contributed by atoms with Gasteiger partial charge in [-0.3, -0.25) is 15.8 Å². The Morgan fingerprint density at radius 1 is 1.50 bits per heavy atom. The lowest BCUT2D eigenvalue weighted by Crippen LogP contribution is -2.30. The topological polar surface area (TPSA) is 73.1 Å². The van der Waals surface area contributed by atoms with Crippen molar-refractivity contribution in [1.29, 1.82) is 0 Å². The van der Waals surface area contributed by atoms with Crippen LogP contribution in [-0.4, -0.2) is 16.6 Å². The maximum Gasteiger partial charge on any atom is 0.122 e. The Morgan fingerprint density at radius 3 is 3.00 bits per heavy atom. The molecule has 1 atom stereocenters. The molecule has 14 heavy (non-hydrogen) atoms. The molecule has 0 spiro atoms. The summed E-state index contributed by atoms with van der Waals surface area (Å²) >= 11 is 0. The molecule has 0 amide bonds. The van der Waals surface area contributed by atoms with E-state index >= 15 is 0 Å². The lowest BCUT2D eigenvalue weighted by Gasteiger charge is -2.15. The molecule has 0 aromatic carbocycles. The van der Waals surface area contributed by atoms with Crippen LogP contribution in [0.3, 0.4) is 0 Å². The molecule has 1 aromatic rings. The van der Waals surface area contributed by atoms with Crippen LogP contribution in [0, 0.1) is 0 Å². The highest BCUT2D eigenvalue weighted by Gasteiger charge is 2.20. The molecule has 74 valence electrons. The van der Waals surface area contributed by atoms with Crippen LogP contribution >= 0.6 is 0 Å². The number of hydrogen-bond donors (Lipinski definition) is 2. The predicted octanol–water partition coefficient (Wildman–Crippen LogP) is 0.285. The maximum absolute atomic E-state index is 5.45. The molecule has 1 aromatic heterocycles. The van der Waals surface area contributed by atoms with Gasteiger partial charge in [0.05, 0.1) is 18.5 Å². The minimum atomic E-state index is -0.189. The lowest BCUT2D eigenvalue weighted by molar-refractivity contribution is 0.214. The largest absolute Gasteiger partial charge is 0.496 e. The Bertz CT molecular complexity index is 325. The van der Waals surface area contributed by atoms with Crippen LogP contribution in [0.2, 0.25) is 0 Å². The molecular formula is C9H12N4O. The van der Waals surface area contributed by atoms with Crippen LogP contribution in [-0.2, 0) is 4.74 Å². The van der Waals surface area contributed by atoms with Crippen molar-refractivity contribution in [2.45, 2.75) is 12.5 Å². The van der Waals surface area contributed by atoms with E-state index in [1.54, 1.807) is 18.6 Å². The fourth-order valence-electron chi connectivity index (χ4n) is 1.41. The van der Waals surface area contributed by atoms with Gasteiger partial charge >= 0.3 is 0 Å². The van der Waals surface area contributed by atoms with Crippen molar-refractivity contribution in [3.05, 3.63) is 36.1 Å². The van der Waals surface area contributed by atoms with Gasteiger partial charge in [0.15, 0.2) is 0 Å². The van der Waals surface area contributed by atoms with E-state index in [1.807, 2.05) is 6.08 Å². The Morgan fingerprint density at radius 2 is 2.43 bits per heavy atom. The summed E-state index contributed by atoms with van der Waals surface area (Å²) < 4.78 is 5.41. The van der Waals surface area contributed by atoms with Gasteiger partial charge in [-0.05, 0) is 6.08 Å². The molecule has 5 nitrogen and oxygen atoms in total. The third-order valence-corrected chi connectivity index (χ3v) is 2.06. The molecular weight excluding hydrogens is 180 g/mol. The van der Waals surface area contributed by atoms with Crippen LogP contribution in [0.25, 0.3) is 0 Å². The molecule has 0 saturated carbocycles. The lowest BCUT2D eigenvalue weighted by atomic mass is 10.2. The number of nitrogens with zero attached hydrogens (tertiary/aromatic N) is 2. The third-order valence-electron chi connectivity index (χ3n) is 2.06. The molecule has 1 unspecified atom stereocenters. The van der Waals surface area contributed by atoms with E-state index in [0.717, 1.165) is 17.9 Å². The quantitative estimate of drug-likeness (QED) is 0.531. The second kappa shape index (κ2) is 4.17. The molecule has 0 aliphatic carbocycles. The van der Waals surface area contributed by atoms with Crippen LogP contribution in [0.1, 0.15) is 18.2 Å². The summed E-state index contributed by atoms with van der Waals surface area (Å²) in [6, 6.07) is -0.189. The van der Waals surface area contributed by atoms with E-state index in [9.17, 15) is 0 Å². The maximum atomic E-state index is 5.45. The van der Waals surface area contributed by atoms with Gasteiger partial charge in [0.1, 0.15) is 11.8 Å². The number of hydrazine groups is 1. The number of aromatic nitrogens is 2. The predicted molar refractivity (Wildman–Crippen MR) is 50.7 cm³/mol. The normalized spacial score (nSPS) is 17.4. The molecule has 1 aliphatic rings. The van der Waals surface area contributed by atoms with Crippen molar-refractivity contribution < 1.29 is 4.74 Å². The summed E-state index contributed by atoms with van der Waals surface area (Å²) in [7, 11) is 0. The molecule has 1 aliphatic heterocycles. The number of hydrogen-bond acceptors (Lipinski definition) is 5. The summed E-state index contributed by atoms with van der Waals surface area (Å²) in [5.41, 5.74) is 3.43. The molecule has 5 heteroatoms. The van der Waals surface area contributed by atoms with Crippen molar-refractivity contribution in [3.63, 3.8) is 0 Å². The van der Waals surface area contributed by atoms with Crippen molar-refractivity contribution in [1.82, 2.24) is 15.4 Å². The molecule has 0 fully saturated rings. The van der Waals surface area contributed by atoms with Crippen LogP contribution in [0.4, 0.5) is 0 Å². The minimum Gasteiger partial charge on any atom is -0.496 e. The van der Waals surface area contributed by atoms with Crippen LogP contribution < -0.4 is 11.3 Å². The highest BCUT2D eigenvalue weighted by molar-refractivity contribution is 5.17. The van der Waals surface area contributed by atoms with E-state index in [0.29, 0.717) is 6.61 Å². The van der Waals surface area contributed by atoms with Gasteiger partial charge in [0, 0.05) is 18.8 Å². The second-order valence-electron chi connectivity index (χ2n) is 2.97. The molecule has 2 rings (SSSR count). The first-order valence-electron chi connectivity index (χ1n) is 4.46. The summed E-state index contributed by atoms with van der Waals surface area (Å²) in [6.07, 6.45) is 7.87. The molecule has 3 N–H and O–H groups in total. The SMILES string of the molecule is NNC(C1=CCCO1)c1cnccn1. The average molecular weight is 192 g/mol. The molecule has 0 radical (unpaired) electrons. The standard InChI is InChI=1S/C9H12N4O/c10-13-9(8-2-1-5-14-8)7-6-11-3-4-12-7/h2-4,6,9,13H,1,5,10H2. The van der Waals surface area contributed by atoms with Crippen molar-refractivity contribution in [3.8, 4) is 0 Å². The summed E-state index contributed by atoms with van der Waals surface area (Å²) in [5.74, 6) is 6.27. The summed E-state index contributed by atoms with van der Waals surface area (Å²) in [5, 5.41) is 0. The van der Waals surface area contributed by atoms with Gasteiger partial charge in [-0.25, -0.2) is 5.43 Å². The summed E-state index contributed by atoms with van der Waals surface area (Å²) in [6.45, 7) is 0.716. The van der Waals surface area contributed by atoms with Crippen molar-refractivity contribution >= 4 is 0 Å². The zero-order valence-corrected chi connectivity index (χ0v) is 7.68. The smallest absolute Gasteiger partial charge is 0.122 e. The highest BCUT2D eigenvalue weighted by atomic mass is 16.5. The van der Waals surface area contributed by atoms with Gasteiger partial charge in [-0.2, -0.15) is 0 Å². The van der Waals surface area contributed by atoms with E-state index in [2.05, 4.69) is 15.4 Å². The van der Waals surface area contributed by atoms with E-state index < -0.39 is 0 Å². The number of rotatable bonds is 3. The first-order valence-corrected chi connectivity index (χ1v) is 4.46. The third kappa shape index (κ3) is 1.73. The Labute approximate surface area is 82.0 Å². The van der Waals surface area contributed by atoms with Crippen LogP contribution in [0.15, 0.2) is 30.4 Å². The van der Waals surface area contributed by atoms with Crippen molar-refractivity contribution in [2.75, 3.05) is 6.61 Å². The first kappa shape index (κ1) is 9.11. The second-order valence-corrected chi connectivity index (χ2v) is 2.97. The number of nitrogens with two attached hydrogens (primary N) is 1. The minimum absolute atomic E-state index is 0.189. The Hall–Kier alpha value is -1.46. The zero-order chi connectivity index (χ0) is 9.80. The fraction of sp³-hybridized carbons (Fsp3) is 0.333. The van der Waals surface area contributed by atoms with Gasteiger partial charge in [-0.1, -0.05) is 0 Å². The Kier molecular flexibility index (Phi) is 2.71. The molecule has 0 bridgehead atoms. The first-order chi connectivity index (χ1) is 6.92. The van der Waals surface area contributed by atoms with E-state index in [4.69, 9.17) is 10.6 Å².